The molecule has 0 aliphatic rings. The van der Waals surface area contributed by atoms with Crippen LogP contribution in [0.1, 0.15) is 6.92 Å². The molecule has 0 saturated carbocycles. The van der Waals surface area contributed by atoms with E-state index in [9.17, 15) is 9.90 Å². The van der Waals surface area contributed by atoms with E-state index >= 15 is 0 Å². The summed E-state index contributed by atoms with van der Waals surface area (Å²) in [7, 11) is 0. The molecule has 0 spiro atoms. The molecular formula is C10H9NO3. The fourth-order valence-electron chi connectivity index (χ4n) is 1.32. The van der Waals surface area contributed by atoms with E-state index < -0.39 is 5.97 Å². The summed E-state index contributed by atoms with van der Waals surface area (Å²) in [5, 5.41) is 10.3. The number of ether oxygens (including phenoxy) is 1. The highest BCUT2D eigenvalue weighted by Crippen LogP contribution is 2.27. The predicted octanol–water partition coefficient (Wildman–Crippen LogP) is 1.80. The maximum atomic E-state index is 10.7. The number of esters is 1. The maximum Gasteiger partial charge on any atom is 0.309 e. The molecule has 0 aliphatic carbocycles. The van der Waals surface area contributed by atoms with Crippen molar-refractivity contribution in [2.45, 2.75) is 6.92 Å². The summed E-state index contributed by atoms with van der Waals surface area (Å²) < 4.78 is 4.85. The van der Waals surface area contributed by atoms with E-state index in [-0.39, 0.29) is 5.75 Å². The number of H-pyrrole nitrogens is 1. The molecular weight excluding hydrogens is 182 g/mol. The van der Waals surface area contributed by atoms with Crippen LogP contribution in [0.5, 0.6) is 11.6 Å². The van der Waals surface area contributed by atoms with Gasteiger partial charge in [-0.25, -0.2) is 0 Å². The Bertz CT molecular complexity index is 487. The standard InChI is InChI=1S/C10H9NO3/c1-6(12)14-9-5-7-3-2-4-8(13)10(7)11-9/h2-5,11,13H,1H3. The Morgan fingerprint density at radius 3 is 2.93 bits per heavy atom. The van der Waals surface area contributed by atoms with Gasteiger partial charge in [-0.3, -0.25) is 4.79 Å². The van der Waals surface area contributed by atoms with Crippen molar-refractivity contribution < 1.29 is 14.6 Å². The minimum absolute atomic E-state index is 0.140. The monoisotopic (exact) mass is 191 g/mol. The Morgan fingerprint density at radius 1 is 1.50 bits per heavy atom. The summed E-state index contributed by atoms with van der Waals surface area (Å²) in [6, 6.07) is 6.77. The largest absolute Gasteiger partial charge is 0.506 e. The predicted molar refractivity (Wildman–Crippen MR) is 51.3 cm³/mol. The molecule has 0 unspecified atom stereocenters. The molecule has 0 atom stereocenters. The number of carbonyl (C=O) groups is 1. The van der Waals surface area contributed by atoms with Crippen LogP contribution in [-0.2, 0) is 4.79 Å². The van der Waals surface area contributed by atoms with E-state index in [0.717, 1.165) is 5.39 Å². The van der Waals surface area contributed by atoms with Gasteiger partial charge in [0.1, 0.15) is 5.75 Å². The van der Waals surface area contributed by atoms with Gasteiger partial charge < -0.3 is 14.8 Å². The lowest BCUT2D eigenvalue weighted by molar-refractivity contribution is -0.132. The maximum absolute atomic E-state index is 10.7. The number of phenolic OH excluding ortho intramolecular Hbond substituents is 1. The van der Waals surface area contributed by atoms with Crippen molar-refractivity contribution in [2.24, 2.45) is 0 Å². The van der Waals surface area contributed by atoms with Crippen molar-refractivity contribution in [3.8, 4) is 11.6 Å². The van der Waals surface area contributed by atoms with Crippen LogP contribution in [0, 0.1) is 0 Å². The number of aromatic hydroxyl groups is 1. The second-order valence-corrected chi connectivity index (χ2v) is 2.97. The van der Waals surface area contributed by atoms with Crippen LogP contribution in [0.2, 0.25) is 0 Å². The summed E-state index contributed by atoms with van der Waals surface area (Å²) >= 11 is 0. The van der Waals surface area contributed by atoms with E-state index in [2.05, 4.69) is 4.98 Å². The zero-order valence-electron chi connectivity index (χ0n) is 7.57. The molecule has 4 heteroatoms. The molecule has 0 amide bonds. The van der Waals surface area contributed by atoms with Crippen LogP contribution in [-0.4, -0.2) is 16.1 Å². The lowest BCUT2D eigenvalue weighted by Gasteiger charge is -1.94. The van der Waals surface area contributed by atoms with Crippen molar-refractivity contribution in [1.29, 1.82) is 0 Å². The van der Waals surface area contributed by atoms with Crippen molar-refractivity contribution in [3.63, 3.8) is 0 Å². The van der Waals surface area contributed by atoms with Gasteiger partial charge in [-0.2, -0.15) is 0 Å². The van der Waals surface area contributed by atoms with Gasteiger partial charge in [0.15, 0.2) is 0 Å². The first-order chi connectivity index (χ1) is 6.66. The summed E-state index contributed by atoms with van der Waals surface area (Å²) in [4.78, 5) is 13.5. The number of phenols is 1. The van der Waals surface area contributed by atoms with Gasteiger partial charge in [-0.15, -0.1) is 0 Å². The second-order valence-electron chi connectivity index (χ2n) is 2.97. The zero-order valence-corrected chi connectivity index (χ0v) is 7.57. The van der Waals surface area contributed by atoms with Crippen LogP contribution < -0.4 is 4.74 Å². The van der Waals surface area contributed by atoms with Crippen LogP contribution in [0.15, 0.2) is 24.3 Å². The van der Waals surface area contributed by atoms with Gasteiger partial charge >= 0.3 is 5.97 Å². The molecule has 0 radical (unpaired) electrons. The van der Waals surface area contributed by atoms with Crippen molar-refractivity contribution >= 4 is 16.9 Å². The first-order valence-electron chi connectivity index (χ1n) is 4.16. The van der Waals surface area contributed by atoms with Crippen LogP contribution in [0.25, 0.3) is 10.9 Å². The fourth-order valence-corrected chi connectivity index (χ4v) is 1.32. The average molecular weight is 191 g/mol. The number of aromatic amines is 1. The van der Waals surface area contributed by atoms with Gasteiger partial charge in [0.05, 0.1) is 5.52 Å². The van der Waals surface area contributed by atoms with Crippen molar-refractivity contribution in [1.82, 2.24) is 4.98 Å². The summed E-state index contributed by atoms with van der Waals surface area (Å²) in [5.41, 5.74) is 0.573. The second kappa shape index (κ2) is 3.06. The number of hydrogen-bond acceptors (Lipinski definition) is 3. The molecule has 14 heavy (non-hydrogen) atoms. The number of aromatic nitrogens is 1. The summed E-state index contributed by atoms with van der Waals surface area (Å²) in [5.74, 6) is 0.0888. The minimum Gasteiger partial charge on any atom is -0.506 e. The molecule has 0 aliphatic heterocycles. The number of benzene rings is 1. The molecule has 1 heterocycles. The topological polar surface area (TPSA) is 62.3 Å². The van der Waals surface area contributed by atoms with E-state index in [1.165, 1.54) is 6.92 Å². The van der Waals surface area contributed by atoms with Crippen LogP contribution in [0.3, 0.4) is 0 Å². The molecule has 1 aromatic carbocycles. The smallest absolute Gasteiger partial charge is 0.309 e. The highest BCUT2D eigenvalue weighted by molar-refractivity contribution is 5.87. The number of carbonyl (C=O) groups excluding carboxylic acids is 1. The summed E-state index contributed by atoms with van der Waals surface area (Å²) in [6.07, 6.45) is 0. The van der Waals surface area contributed by atoms with Gasteiger partial charge in [0.2, 0.25) is 5.88 Å². The molecule has 0 fully saturated rings. The van der Waals surface area contributed by atoms with Crippen LogP contribution >= 0.6 is 0 Å². The molecule has 1 aromatic heterocycles. The van der Waals surface area contributed by atoms with Gasteiger partial charge in [-0.05, 0) is 6.07 Å². The third kappa shape index (κ3) is 1.42. The molecule has 2 aromatic rings. The molecule has 4 nitrogen and oxygen atoms in total. The molecule has 0 bridgehead atoms. The van der Waals surface area contributed by atoms with Crippen molar-refractivity contribution in [3.05, 3.63) is 24.3 Å². The molecule has 2 rings (SSSR count). The number of nitrogens with one attached hydrogen (secondary N) is 1. The molecule has 2 N–H and O–H groups in total. The third-order valence-corrected chi connectivity index (χ3v) is 1.86. The van der Waals surface area contributed by atoms with Gasteiger partial charge in [0, 0.05) is 18.4 Å². The van der Waals surface area contributed by atoms with E-state index in [4.69, 9.17) is 4.74 Å². The quantitative estimate of drug-likeness (QED) is 0.675. The van der Waals surface area contributed by atoms with Crippen molar-refractivity contribution in [2.75, 3.05) is 0 Å². The number of hydrogen-bond donors (Lipinski definition) is 2. The Labute approximate surface area is 80.1 Å². The lowest BCUT2D eigenvalue weighted by Crippen LogP contribution is -2.00. The number of fused-ring (bicyclic) bond motifs is 1. The van der Waals surface area contributed by atoms with Crippen LogP contribution in [0.4, 0.5) is 0 Å². The Hall–Kier alpha value is -1.97. The Kier molecular flexibility index (Phi) is 1.89. The zero-order chi connectivity index (χ0) is 10.1. The SMILES string of the molecule is CC(=O)Oc1cc2cccc(O)c2[nH]1. The first-order valence-corrected chi connectivity index (χ1v) is 4.16. The molecule has 72 valence electrons. The molecule has 0 saturated heterocycles. The van der Waals surface area contributed by atoms with Gasteiger partial charge in [-0.1, -0.05) is 12.1 Å². The minimum atomic E-state index is -0.393. The number of rotatable bonds is 1. The summed E-state index contributed by atoms with van der Waals surface area (Å²) in [6.45, 7) is 1.32. The van der Waals surface area contributed by atoms with E-state index in [1.807, 2.05) is 6.07 Å². The Balaban J connectivity index is 2.51. The lowest BCUT2D eigenvalue weighted by atomic mass is 10.2. The van der Waals surface area contributed by atoms with E-state index in [1.54, 1.807) is 18.2 Å². The highest BCUT2D eigenvalue weighted by Gasteiger charge is 2.06. The normalized spacial score (nSPS) is 10.4. The van der Waals surface area contributed by atoms with Gasteiger partial charge in [0.25, 0.3) is 0 Å². The number of para-hydroxylation sites is 1. The Morgan fingerprint density at radius 2 is 2.29 bits per heavy atom. The average Bonchev–Trinajstić information content (AvgIpc) is 2.47. The third-order valence-electron chi connectivity index (χ3n) is 1.86. The van der Waals surface area contributed by atoms with E-state index in [0.29, 0.717) is 11.4 Å². The highest BCUT2D eigenvalue weighted by atomic mass is 16.5. The first kappa shape index (κ1) is 8.62. The fraction of sp³-hybridized carbons (Fsp3) is 0.100.